The number of nitrogens with zero attached hydrogens (tertiary/aromatic N) is 4. The zero-order chi connectivity index (χ0) is 10.4. The van der Waals surface area contributed by atoms with Crippen molar-refractivity contribution in [2.75, 3.05) is 0 Å². The molecule has 0 aromatic carbocycles. The number of H-pyrrole nitrogens is 1. The number of aromatic amines is 1. The number of hydrogen-bond donors (Lipinski definition) is 2. The molecule has 3 rings (SSSR count). The zero-order valence-electron chi connectivity index (χ0n) is 7.38. The topological polar surface area (TPSA) is 96.2 Å². The van der Waals surface area contributed by atoms with Crippen LogP contribution in [-0.4, -0.2) is 35.9 Å². The van der Waals surface area contributed by atoms with Crippen molar-refractivity contribution >= 4 is 11.5 Å². The minimum atomic E-state index is -1.01. The highest BCUT2D eigenvalue weighted by Crippen LogP contribution is 2.19. The van der Waals surface area contributed by atoms with Gasteiger partial charge in [-0.2, -0.15) is 5.10 Å². The fourth-order valence-corrected chi connectivity index (χ4v) is 1.50. The second-order valence-corrected chi connectivity index (χ2v) is 3.02. The number of hydrogen-bond acceptors (Lipinski definition) is 4. The maximum absolute atomic E-state index is 10.9. The van der Waals surface area contributed by atoms with Gasteiger partial charge in [-0.15, -0.1) is 5.10 Å². The van der Waals surface area contributed by atoms with E-state index in [-0.39, 0.29) is 5.56 Å². The van der Waals surface area contributed by atoms with Crippen molar-refractivity contribution in [1.82, 2.24) is 24.8 Å². The molecule has 0 saturated heterocycles. The summed E-state index contributed by atoms with van der Waals surface area (Å²) in [4.78, 5) is 14.9. The number of fused-ring (bicyclic) bond motifs is 3. The summed E-state index contributed by atoms with van der Waals surface area (Å²) in [5, 5.41) is 19.2. The van der Waals surface area contributed by atoms with Crippen molar-refractivity contribution in [2.24, 2.45) is 0 Å². The van der Waals surface area contributed by atoms with Gasteiger partial charge in [0, 0.05) is 6.20 Å². The summed E-state index contributed by atoms with van der Waals surface area (Å²) >= 11 is 0. The van der Waals surface area contributed by atoms with Crippen LogP contribution in [0, 0.1) is 0 Å². The predicted molar refractivity (Wildman–Crippen MR) is 48.7 cm³/mol. The van der Waals surface area contributed by atoms with E-state index in [0.29, 0.717) is 17.0 Å². The number of aromatic nitrogens is 5. The van der Waals surface area contributed by atoms with Crippen LogP contribution in [0.5, 0.6) is 0 Å². The van der Waals surface area contributed by atoms with E-state index in [1.165, 1.54) is 18.6 Å². The van der Waals surface area contributed by atoms with E-state index < -0.39 is 5.97 Å². The Morgan fingerprint density at radius 3 is 3.13 bits per heavy atom. The first-order valence-electron chi connectivity index (χ1n) is 4.17. The number of carboxylic acid groups (broad SMARTS) is 1. The van der Waals surface area contributed by atoms with Crippen LogP contribution >= 0.6 is 0 Å². The molecule has 0 bridgehead atoms. The molecular weight excluding hydrogens is 198 g/mol. The first-order valence-corrected chi connectivity index (χ1v) is 4.17. The Morgan fingerprint density at radius 1 is 1.47 bits per heavy atom. The lowest BCUT2D eigenvalue weighted by molar-refractivity contribution is 0.0699. The second-order valence-electron chi connectivity index (χ2n) is 3.02. The Balaban J connectivity index is 2.46. The Labute approximate surface area is 82.7 Å². The van der Waals surface area contributed by atoms with Crippen LogP contribution in [0.3, 0.4) is 0 Å². The molecule has 0 atom stereocenters. The van der Waals surface area contributed by atoms with Crippen LogP contribution < -0.4 is 0 Å². The molecule has 15 heavy (non-hydrogen) atoms. The van der Waals surface area contributed by atoms with Crippen LogP contribution in [0.4, 0.5) is 0 Å². The monoisotopic (exact) mass is 203 g/mol. The standard InChI is InChI=1S/C8H5N5O2/c14-8(15)4-1-11-13-6(4)3-9-5-2-10-12-7(5)13/h1-3,11H,(H,14,15). The number of carboxylic acids is 1. The van der Waals surface area contributed by atoms with E-state index in [4.69, 9.17) is 5.11 Å². The summed E-state index contributed by atoms with van der Waals surface area (Å²) in [5.74, 6) is -0.491. The van der Waals surface area contributed by atoms with Gasteiger partial charge in [-0.1, -0.05) is 0 Å². The lowest BCUT2D eigenvalue weighted by Gasteiger charge is -1.99. The third kappa shape index (κ3) is 0.938. The highest BCUT2D eigenvalue weighted by atomic mass is 16.4. The summed E-state index contributed by atoms with van der Waals surface area (Å²) in [5.41, 5.74) is 1.24. The highest BCUT2D eigenvalue weighted by Gasteiger charge is 2.16. The van der Waals surface area contributed by atoms with Gasteiger partial charge in [0.2, 0.25) is 5.82 Å². The summed E-state index contributed by atoms with van der Waals surface area (Å²) < 4.78 is 1.54. The van der Waals surface area contributed by atoms with Gasteiger partial charge in [-0.25, -0.2) is 14.3 Å². The van der Waals surface area contributed by atoms with Crippen molar-refractivity contribution in [2.45, 2.75) is 0 Å². The Morgan fingerprint density at radius 2 is 2.33 bits per heavy atom. The summed E-state index contributed by atoms with van der Waals surface area (Å²) in [6.45, 7) is 0. The second kappa shape index (κ2) is 2.53. The third-order valence-corrected chi connectivity index (χ3v) is 2.18. The van der Waals surface area contributed by atoms with Crippen LogP contribution in [0.25, 0.3) is 17.0 Å². The van der Waals surface area contributed by atoms with E-state index in [0.717, 1.165) is 0 Å². The molecule has 2 aliphatic heterocycles. The summed E-state index contributed by atoms with van der Waals surface area (Å²) in [6.07, 6.45) is 4.39. The molecule has 0 fully saturated rings. The van der Waals surface area contributed by atoms with Gasteiger partial charge < -0.3 is 5.11 Å². The SMILES string of the molecule is O=C(O)c1c[nH]n2c3nncc-3ncc12. The first kappa shape index (κ1) is 7.92. The Kier molecular flexibility index (Phi) is 1.34. The van der Waals surface area contributed by atoms with Gasteiger partial charge in [0.1, 0.15) is 11.3 Å². The number of nitrogens with one attached hydrogen (secondary N) is 1. The van der Waals surface area contributed by atoms with E-state index in [1.807, 2.05) is 0 Å². The van der Waals surface area contributed by atoms with Crippen LogP contribution in [0.2, 0.25) is 0 Å². The average Bonchev–Trinajstić information content (AvgIpc) is 2.82. The van der Waals surface area contributed by atoms with E-state index >= 15 is 0 Å². The fourth-order valence-electron chi connectivity index (χ4n) is 1.50. The lowest BCUT2D eigenvalue weighted by atomic mass is 10.3. The molecule has 0 unspecified atom stereocenters. The van der Waals surface area contributed by atoms with Gasteiger partial charge >= 0.3 is 5.97 Å². The molecule has 1 aromatic heterocycles. The van der Waals surface area contributed by atoms with Gasteiger partial charge in [-0.05, 0) is 0 Å². The molecule has 0 radical (unpaired) electrons. The summed E-state index contributed by atoms with van der Waals surface area (Å²) in [6, 6.07) is 0. The molecule has 3 heterocycles. The maximum atomic E-state index is 10.9. The Bertz CT molecular complexity index is 625. The lowest BCUT2D eigenvalue weighted by Crippen LogP contribution is -1.99. The minimum Gasteiger partial charge on any atom is -0.478 e. The average molecular weight is 203 g/mol. The van der Waals surface area contributed by atoms with Crippen molar-refractivity contribution in [1.29, 1.82) is 0 Å². The quantitative estimate of drug-likeness (QED) is 0.591. The van der Waals surface area contributed by atoms with Gasteiger partial charge in [0.15, 0.2) is 0 Å². The number of carbonyl (C=O) groups is 1. The molecule has 0 saturated carbocycles. The van der Waals surface area contributed by atoms with E-state index in [1.54, 1.807) is 4.52 Å². The molecule has 1 aromatic rings. The van der Waals surface area contributed by atoms with Crippen LogP contribution in [0.15, 0.2) is 18.6 Å². The van der Waals surface area contributed by atoms with Crippen molar-refractivity contribution in [3.05, 3.63) is 24.2 Å². The normalized spacial score (nSPS) is 11.2. The van der Waals surface area contributed by atoms with Crippen LogP contribution in [-0.2, 0) is 0 Å². The molecule has 2 N–H and O–H groups in total. The predicted octanol–water partition coefficient (Wildman–Crippen LogP) is 0.255. The van der Waals surface area contributed by atoms with Gasteiger partial charge in [-0.3, -0.25) is 5.10 Å². The molecule has 74 valence electrons. The van der Waals surface area contributed by atoms with Crippen LogP contribution in [0.1, 0.15) is 10.4 Å². The molecule has 0 amide bonds. The van der Waals surface area contributed by atoms with Gasteiger partial charge in [0.05, 0.1) is 17.9 Å². The van der Waals surface area contributed by atoms with E-state index in [9.17, 15) is 4.79 Å². The molecule has 0 aliphatic carbocycles. The largest absolute Gasteiger partial charge is 0.478 e. The maximum Gasteiger partial charge on any atom is 0.339 e. The minimum absolute atomic E-state index is 0.160. The van der Waals surface area contributed by atoms with Crippen molar-refractivity contribution in [3.8, 4) is 11.5 Å². The molecule has 0 spiro atoms. The summed E-state index contributed by atoms with van der Waals surface area (Å²) in [7, 11) is 0. The van der Waals surface area contributed by atoms with Crippen molar-refractivity contribution < 1.29 is 9.90 Å². The number of aromatic carboxylic acids is 1. The number of rotatable bonds is 1. The molecule has 7 heteroatoms. The highest BCUT2D eigenvalue weighted by molar-refractivity contribution is 5.95. The van der Waals surface area contributed by atoms with Gasteiger partial charge in [0.25, 0.3) is 0 Å². The van der Waals surface area contributed by atoms with E-state index in [2.05, 4.69) is 20.3 Å². The smallest absolute Gasteiger partial charge is 0.339 e. The Hall–Kier alpha value is -2.44. The first-order chi connectivity index (χ1) is 7.27. The molecule has 7 nitrogen and oxygen atoms in total. The molecule has 2 aliphatic rings. The third-order valence-electron chi connectivity index (χ3n) is 2.18. The molecular formula is C8H5N5O2. The zero-order valence-corrected chi connectivity index (χ0v) is 7.38. The van der Waals surface area contributed by atoms with Crippen molar-refractivity contribution in [3.63, 3.8) is 0 Å². The fraction of sp³-hybridized carbons (Fsp3) is 0.